The molecule has 5 N–H and O–H groups in total. The molecule has 36 heavy (non-hydrogen) atoms. The van der Waals surface area contributed by atoms with Gasteiger partial charge in [-0.1, -0.05) is 32.4 Å². The molecule has 11 heteroatoms. The van der Waals surface area contributed by atoms with Crippen molar-refractivity contribution in [1.29, 1.82) is 0 Å². The molecule has 0 fully saturated rings. The minimum atomic E-state index is -0.639. The molecule has 2 aromatic carbocycles. The van der Waals surface area contributed by atoms with E-state index in [2.05, 4.69) is 25.8 Å². The fraction of sp³-hybridized carbons (Fsp3) is 0.200. The monoisotopic (exact) mass is 508 g/mol. The van der Waals surface area contributed by atoms with Crippen molar-refractivity contribution in [2.45, 2.75) is 26.2 Å². The zero-order chi connectivity index (χ0) is 26.0. The molecular weight excluding hydrogens is 484 g/mol. The number of hydrogen-bond acceptors (Lipinski definition) is 6. The van der Waals surface area contributed by atoms with Gasteiger partial charge in [-0.25, -0.2) is 4.79 Å². The second-order valence-corrected chi connectivity index (χ2v) is 9.39. The third-order valence-electron chi connectivity index (χ3n) is 5.29. The van der Waals surface area contributed by atoms with E-state index in [1.807, 2.05) is 20.8 Å². The summed E-state index contributed by atoms with van der Waals surface area (Å²) in [6.07, 6.45) is 1.57. The first kappa shape index (κ1) is 24.8. The molecule has 3 amide bonds. The summed E-state index contributed by atoms with van der Waals surface area (Å²) in [5.74, 6) is 0.908. The van der Waals surface area contributed by atoms with Crippen molar-refractivity contribution < 1.29 is 19.1 Å². The maximum Gasteiger partial charge on any atom is 0.324 e. The summed E-state index contributed by atoms with van der Waals surface area (Å²) in [5, 5.41) is 13.3. The van der Waals surface area contributed by atoms with Crippen LogP contribution in [0, 0.1) is 0 Å². The zero-order valence-electron chi connectivity index (χ0n) is 20.1. The van der Waals surface area contributed by atoms with Crippen LogP contribution in [0.5, 0.6) is 17.2 Å². The SMILES string of the molecule is COc1cc2nccc(Oc3ccc(NC(=O)Nc4cc(C(C)(C)C)n[nH]4)cc3Cl)c2cc1C(N)=O. The van der Waals surface area contributed by atoms with Crippen molar-refractivity contribution in [1.82, 2.24) is 15.2 Å². The Kier molecular flexibility index (Phi) is 6.71. The van der Waals surface area contributed by atoms with Crippen molar-refractivity contribution in [3.8, 4) is 17.2 Å². The third kappa shape index (κ3) is 5.33. The number of halogens is 1. The van der Waals surface area contributed by atoms with E-state index in [9.17, 15) is 9.59 Å². The summed E-state index contributed by atoms with van der Waals surface area (Å²) in [6.45, 7) is 6.09. The zero-order valence-corrected chi connectivity index (χ0v) is 20.9. The van der Waals surface area contributed by atoms with Crippen LogP contribution in [0.15, 0.2) is 48.7 Å². The standard InChI is InChI=1S/C25H25ClN6O4/c1-25(2,3)21-12-22(32-31-21)30-24(34)29-13-5-6-19(16(26)9-13)36-18-7-8-28-17-11-20(35-4)15(23(27)33)10-14(17)18/h5-12H,1-4H3,(H2,27,33)(H3,29,30,31,32,34). The number of benzene rings is 2. The third-order valence-corrected chi connectivity index (χ3v) is 5.59. The normalized spacial score (nSPS) is 11.2. The van der Waals surface area contributed by atoms with Gasteiger partial charge in [-0.3, -0.25) is 20.2 Å². The first-order valence-corrected chi connectivity index (χ1v) is 11.3. The topological polar surface area (TPSA) is 144 Å². The van der Waals surface area contributed by atoms with Crippen LogP contribution in [0.4, 0.5) is 16.3 Å². The van der Waals surface area contributed by atoms with Crippen LogP contribution >= 0.6 is 11.6 Å². The first-order chi connectivity index (χ1) is 17.0. The van der Waals surface area contributed by atoms with Gasteiger partial charge in [-0.15, -0.1) is 0 Å². The molecule has 4 rings (SSSR count). The molecule has 0 atom stereocenters. The number of H-pyrrole nitrogens is 1. The molecule has 0 radical (unpaired) electrons. The Bertz CT molecular complexity index is 1460. The van der Waals surface area contributed by atoms with Crippen molar-refractivity contribution >= 4 is 45.9 Å². The summed E-state index contributed by atoms with van der Waals surface area (Å²) < 4.78 is 11.3. The van der Waals surface area contributed by atoms with E-state index in [4.69, 9.17) is 26.8 Å². The van der Waals surface area contributed by atoms with Crippen LogP contribution in [0.3, 0.4) is 0 Å². The maximum absolute atomic E-state index is 12.4. The number of nitrogens with two attached hydrogens (primary N) is 1. The van der Waals surface area contributed by atoms with Gasteiger partial charge in [0, 0.05) is 34.8 Å². The van der Waals surface area contributed by atoms with E-state index in [1.165, 1.54) is 7.11 Å². The highest BCUT2D eigenvalue weighted by molar-refractivity contribution is 6.32. The van der Waals surface area contributed by atoms with Crippen LogP contribution in [-0.2, 0) is 5.41 Å². The summed E-state index contributed by atoms with van der Waals surface area (Å²) in [4.78, 5) is 28.6. The van der Waals surface area contributed by atoms with E-state index >= 15 is 0 Å². The molecule has 2 heterocycles. The number of aromatic nitrogens is 3. The second kappa shape index (κ2) is 9.74. The predicted octanol–water partition coefficient (Wildman–Crippen LogP) is 5.45. The lowest BCUT2D eigenvalue weighted by atomic mass is 9.92. The highest BCUT2D eigenvalue weighted by atomic mass is 35.5. The first-order valence-electron chi connectivity index (χ1n) is 10.9. The number of nitrogens with zero attached hydrogens (tertiary/aromatic N) is 2. The molecule has 186 valence electrons. The Morgan fingerprint density at radius 1 is 1.03 bits per heavy atom. The van der Waals surface area contributed by atoms with Gasteiger partial charge in [0.15, 0.2) is 0 Å². The van der Waals surface area contributed by atoms with E-state index in [1.54, 1.807) is 48.7 Å². The van der Waals surface area contributed by atoms with E-state index < -0.39 is 11.9 Å². The van der Waals surface area contributed by atoms with Crippen molar-refractivity contribution in [2.75, 3.05) is 17.7 Å². The van der Waals surface area contributed by atoms with Crippen LogP contribution in [0.25, 0.3) is 10.9 Å². The summed E-state index contributed by atoms with van der Waals surface area (Å²) in [5.41, 5.74) is 7.37. The fourth-order valence-corrected chi connectivity index (χ4v) is 3.65. The number of amides is 3. The van der Waals surface area contributed by atoms with Gasteiger partial charge in [0.05, 0.1) is 28.9 Å². The number of aromatic amines is 1. The van der Waals surface area contributed by atoms with Gasteiger partial charge in [0.2, 0.25) is 0 Å². The highest BCUT2D eigenvalue weighted by Crippen LogP contribution is 2.36. The number of pyridine rings is 1. The molecule has 4 aromatic rings. The van der Waals surface area contributed by atoms with Crippen LogP contribution in [0.1, 0.15) is 36.8 Å². The van der Waals surface area contributed by atoms with Crippen molar-refractivity contribution in [3.63, 3.8) is 0 Å². The number of hydrogen-bond donors (Lipinski definition) is 4. The number of urea groups is 1. The lowest BCUT2D eigenvalue weighted by Crippen LogP contribution is -2.19. The number of carbonyl (C=O) groups is 2. The number of anilines is 2. The Balaban J connectivity index is 1.51. The molecule has 0 spiro atoms. The molecular formula is C25H25ClN6O4. The number of nitrogens with one attached hydrogen (secondary N) is 3. The smallest absolute Gasteiger partial charge is 0.324 e. The van der Waals surface area contributed by atoms with Crippen LogP contribution in [-0.4, -0.2) is 34.2 Å². The molecule has 10 nitrogen and oxygen atoms in total. The second-order valence-electron chi connectivity index (χ2n) is 8.99. The Morgan fingerprint density at radius 3 is 2.44 bits per heavy atom. The number of rotatable bonds is 6. The minimum absolute atomic E-state index is 0.149. The van der Waals surface area contributed by atoms with Gasteiger partial charge in [-0.05, 0) is 30.3 Å². The molecule has 0 aliphatic rings. The lowest BCUT2D eigenvalue weighted by molar-refractivity contribution is 0.0997. The molecule has 0 saturated heterocycles. The molecule has 0 aliphatic heterocycles. The number of primary amides is 1. The number of methoxy groups -OCH3 is 1. The summed E-state index contributed by atoms with van der Waals surface area (Å²) in [6, 6.07) is 11.0. The van der Waals surface area contributed by atoms with Gasteiger partial charge in [0.25, 0.3) is 5.91 Å². The molecule has 0 bridgehead atoms. The maximum atomic E-state index is 12.4. The van der Waals surface area contributed by atoms with Gasteiger partial charge >= 0.3 is 6.03 Å². The summed E-state index contributed by atoms with van der Waals surface area (Å²) >= 11 is 6.43. The largest absolute Gasteiger partial charge is 0.496 e. The predicted molar refractivity (Wildman–Crippen MR) is 138 cm³/mol. The molecule has 0 aliphatic carbocycles. The Morgan fingerprint density at radius 2 is 1.81 bits per heavy atom. The van der Waals surface area contributed by atoms with Crippen LogP contribution < -0.4 is 25.8 Å². The average Bonchev–Trinajstić information content (AvgIpc) is 3.29. The Labute approximate surface area is 212 Å². The summed E-state index contributed by atoms with van der Waals surface area (Å²) in [7, 11) is 1.45. The number of carbonyl (C=O) groups excluding carboxylic acids is 2. The minimum Gasteiger partial charge on any atom is -0.496 e. The molecule has 0 unspecified atom stereocenters. The quantitative estimate of drug-likeness (QED) is 0.272. The van der Waals surface area contributed by atoms with Crippen molar-refractivity contribution in [2.24, 2.45) is 5.73 Å². The van der Waals surface area contributed by atoms with Gasteiger partial charge in [0.1, 0.15) is 23.1 Å². The Hall–Kier alpha value is -4.31. The fourth-order valence-electron chi connectivity index (χ4n) is 3.43. The van der Waals surface area contributed by atoms with E-state index in [-0.39, 0.29) is 16.0 Å². The van der Waals surface area contributed by atoms with Crippen molar-refractivity contribution in [3.05, 3.63) is 64.9 Å². The van der Waals surface area contributed by atoms with Crippen LogP contribution in [0.2, 0.25) is 5.02 Å². The number of ether oxygens (including phenoxy) is 2. The lowest BCUT2D eigenvalue weighted by Gasteiger charge is -2.14. The van der Waals surface area contributed by atoms with Gasteiger partial charge in [-0.2, -0.15) is 5.10 Å². The average molecular weight is 509 g/mol. The van der Waals surface area contributed by atoms with E-state index in [0.717, 1.165) is 5.69 Å². The molecule has 2 aromatic heterocycles. The molecule has 0 saturated carbocycles. The van der Waals surface area contributed by atoms with E-state index in [0.29, 0.717) is 39.7 Å². The van der Waals surface area contributed by atoms with Gasteiger partial charge < -0.3 is 20.5 Å². The highest BCUT2D eigenvalue weighted by Gasteiger charge is 2.18. The number of fused-ring (bicyclic) bond motifs is 1.